The normalized spacial score (nSPS) is 20.0. The first kappa shape index (κ1) is 19.9. The Labute approximate surface area is 154 Å². The van der Waals surface area contributed by atoms with Crippen LogP contribution in [0.4, 0.5) is 9.18 Å². The summed E-state index contributed by atoms with van der Waals surface area (Å²) in [6.45, 7) is 10.4. The Balaban J connectivity index is 2.22. The lowest BCUT2D eigenvalue weighted by atomic mass is 9.83. The Morgan fingerprint density at radius 2 is 2.12 bits per heavy atom. The molecular weight excluding hydrogens is 333 g/mol. The number of nitrogens with zero attached hydrogens (tertiary/aromatic N) is 1. The highest BCUT2D eigenvalue weighted by Gasteiger charge is 2.34. The second-order valence-electron chi connectivity index (χ2n) is 7.18. The number of hydrogen-bond acceptors (Lipinski definition) is 2. The average Bonchev–Trinajstić information content (AvgIpc) is 2.61. The molecule has 1 aliphatic heterocycles. The number of aryl methyl sites for hydroxylation is 1. The van der Waals surface area contributed by atoms with Gasteiger partial charge < -0.3 is 15.5 Å². The third kappa shape index (κ3) is 5.07. The second kappa shape index (κ2) is 8.83. The van der Waals surface area contributed by atoms with Gasteiger partial charge in [-0.3, -0.25) is 4.79 Å². The number of rotatable bonds is 5. The molecule has 1 fully saturated rings. The number of piperidine rings is 1. The van der Waals surface area contributed by atoms with Gasteiger partial charge in [0.2, 0.25) is 5.91 Å². The number of amides is 3. The highest BCUT2D eigenvalue weighted by Crippen LogP contribution is 2.31. The van der Waals surface area contributed by atoms with Gasteiger partial charge >= 0.3 is 6.03 Å². The molecule has 0 aliphatic carbocycles. The summed E-state index contributed by atoms with van der Waals surface area (Å²) in [5.74, 6) is -0.660. The molecule has 0 saturated carbocycles. The van der Waals surface area contributed by atoms with Crippen LogP contribution in [0.15, 0.2) is 30.9 Å². The molecule has 1 aromatic rings. The molecule has 1 heterocycles. The number of urea groups is 1. The fraction of sp³-hybridized carbons (Fsp3) is 0.500. The maximum absolute atomic E-state index is 13.6. The van der Waals surface area contributed by atoms with Crippen LogP contribution in [-0.2, 0) is 4.79 Å². The molecule has 142 valence electrons. The van der Waals surface area contributed by atoms with Crippen LogP contribution in [0, 0.1) is 18.7 Å². The fourth-order valence-electron chi connectivity index (χ4n) is 3.27. The minimum absolute atomic E-state index is 0.0135. The van der Waals surface area contributed by atoms with E-state index in [1.807, 2.05) is 19.9 Å². The molecule has 3 amide bonds. The molecule has 1 aliphatic rings. The van der Waals surface area contributed by atoms with Gasteiger partial charge in [-0.05, 0) is 44.4 Å². The van der Waals surface area contributed by atoms with Crippen LogP contribution in [0.5, 0.6) is 0 Å². The van der Waals surface area contributed by atoms with E-state index in [4.69, 9.17) is 0 Å². The maximum Gasteiger partial charge on any atom is 0.317 e. The molecule has 2 N–H and O–H groups in total. The molecule has 26 heavy (non-hydrogen) atoms. The number of benzene rings is 1. The Morgan fingerprint density at radius 3 is 2.73 bits per heavy atom. The van der Waals surface area contributed by atoms with Crippen molar-refractivity contribution in [1.29, 1.82) is 0 Å². The van der Waals surface area contributed by atoms with Crippen LogP contribution in [-0.4, -0.2) is 42.5 Å². The van der Waals surface area contributed by atoms with Crippen molar-refractivity contribution in [3.8, 4) is 0 Å². The van der Waals surface area contributed by atoms with E-state index >= 15 is 0 Å². The second-order valence-corrected chi connectivity index (χ2v) is 7.18. The number of carbonyl (C=O) groups excluding carboxylic acids is 2. The topological polar surface area (TPSA) is 61.4 Å². The van der Waals surface area contributed by atoms with E-state index in [2.05, 4.69) is 17.2 Å². The highest BCUT2D eigenvalue weighted by molar-refractivity contribution is 5.81. The largest absolute Gasteiger partial charge is 0.352 e. The zero-order valence-electron chi connectivity index (χ0n) is 15.7. The fourth-order valence-corrected chi connectivity index (χ4v) is 3.27. The number of hydrogen-bond donors (Lipinski definition) is 2. The number of carbonyl (C=O) groups is 2. The van der Waals surface area contributed by atoms with Gasteiger partial charge in [0.15, 0.2) is 0 Å². The molecule has 2 unspecified atom stereocenters. The quantitative estimate of drug-likeness (QED) is 0.792. The van der Waals surface area contributed by atoms with Gasteiger partial charge in [0.1, 0.15) is 5.82 Å². The van der Waals surface area contributed by atoms with Crippen molar-refractivity contribution in [1.82, 2.24) is 15.5 Å². The first-order chi connectivity index (χ1) is 12.3. The van der Waals surface area contributed by atoms with Crippen LogP contribution in [0.3, 0.4) is 0 Å². The lowest BCUT2D eigenvalue weighted by Gasteiger charge is -2.37. The van der Waals surface area contributed by atoms with Crippen LogP contribution in [0.1, 0.15) is 37.3 Å². The summed E-state index contributed by atoms with van der Waals surface area (Å²) >= 11 is 0. The molecule has 0 spiro atoms. The van der Waals surface area contributed by atoms with Crippen molar-refractivity contribution in [2.24, 2.45) is 5.92 Å². The minimum atomic E-state index is -0.308. The summed E-state index contributed by atoms with van der Waals surface area (Å²) < 4.78 is 13.6. The smallest absolute Gasteiger partial charge is 0.317 e. The van der Waals surface area contributed by atoms with E-state index in [1.54, 1.807) is 24.0 Å². The molecule has 0 radical (unpaired) electrons. The van der Waals surface area contributed by atoms with Crippen molar-refractivity contribution < 1.29 is 14.0 Å². The standard InChI is InChI=1S/C20H28FN3O2/c1-5-8-22-19(25)17-10-16(15-6-7-18(21)14(4)9-15)11-24(12-17)20(26)23-13(2)3/h5-7,9,13,16-17H,1,8,10-12H2,2-4H3,(H,22,25)(H,23,26). The van der Waals surface area contributed by atoms with Crippen molar-refractivity contribution in [2.75, 3.05) is 19.6 Å². The van der Waals surface area contributed by atoms with Gasteiger partial charge in [0.25, 0.3) is 0 Å². The predicted molar refractivity (Wildman–Crippen MR) is 100 cm³/mol. The summed E-state index contributed by atoms with van der Waals surface area (Å²) in [4.78, 5) is 26.6. The molecule has 2 atom stereocenters. The molecule has 2 rings (SSSR count). The van der Waals surface area contributed by atoms with Crippen LogP contribution in [0.2, 0.25) is 0 Å². The van der Waals surface area contributed by atoms with E-state index in [-0.39, 0.29) is 35.6 Å². The monoisotopic (exact) mass is 361 g/mol. The van der Waals surface area contributed by atoms with E-state index in [0.717, 1.165) is 5.56 Å². The Hall–Kier alpha value is -2.37. The number of likely N-dealkylation sites (tertiary alicyclic amines) is 1. The van der Waals surface area contributed by atoms with Crippen LogP contribution < -0.4 is 10.6 Å². The summed E-state index contributed by atoms with van der Waals surface area (Å²) in [6, 6.07) is 4.84. The van der Waals surface area contributed by atoms with Crippen molar-refractivity contribution >= 4 is 11.9 Å². The lowest BCUT2D eigenvalue weighted by Crippen LogP contribution is -2.52. The van der Waals surface area contributed by atoms with E-state index in [1.165, 1.54) is 6.07 Å². The van der Waals surface area contributed by atoms with Gasteiger partial charge in [0, 0.05) is 31.6 Å². The Bertz CT molecular complexity index is 675. The molecule has 0 aromatic heterocycles. The maximum atomic E-state index is 13.6. The molecule has 1 aromatic carbocycles. The first-order valence-corrected chi connectivity index (χ1v) is 9.02. The SMILES string of the molecule is C=CCNC(=O)C1CC(c2ccc(F)c(C)c2)CN(C(=O)NC(C)C)C1. The summed E-state index contributed by atoms with van der Waals surface area (Å²) in [7, 11) is 0. The highest BCUT2D eigenvalue weighted by atomic mass is 19.1. The van der Waals surface area contributed by atoms with Crippen LogP contribution >= 0.6 is 0 Å². The van der Waals surface area contributed by atoms with Crippen molar-refractivity contribution in [3.63, 3.8) is 0 Å². The number of halogens is 1. The van der Waals surface area contributed by atoms with E-state index in [9.17, 15) is 14.0 Å². The molecule has 6 heteroatoms. The van der Waals surface area contributed by atoms with Gasteiger partial charge in [-0.2, -0.15) is 0 Å². The van der Waals surface area contributed by atoms with E-state index < -0.39 is 0 Å². The molecule has 0 bridgehead atoms. The molecule has 5 nitrogen and oxygen atoms in total. The summed E-state index contributed by atoms with van der Waals surface area (Å²) in [5.41, 5.74) is 1.52. The Morgan fingerprint density at radius 1 is 1.38 bits per heavy atom. The van der Waals surface area contributed by atoms with E-state index in [0.29, 0.717) is 31.6 Å². The summed E-state index contributed by atoms with van der Waals surface area (Å²) in [5, 5.41) is 5.71. The third-order valence-electron chi connectivity index (χ3n) is 4.59. The van der Waals surface area contributed by atoms with Crippen molar-refractivity contribution in [2.45, 2.75) is 39.2 Å². The third-order valence-corrected chi connectivity index (χ3v) is 4.59. The first-order valence-electron chi connectivity index (χ1n) is 9.02. The zero-order chi connectivity index (χ0) is 19.3. The number of nitrogens with one attached hydrogen (secondary N) is 2. The van der Waals surface area contributed by atoms with Crippen molar-refractivity contribution in [3.05, 3.63) is 47.8 Å². The van der Waals surface area contributed by atoms with Crippen LogP contribution in [0.25, 0.3) is 0 Å². The minimum Gasteiger partial charge on any atom is -0.352 e. The average molecular weight is 361 g/mol. The molecular formula is C20H28FN3O2. The van der Waals surface area contributed by atoms with Gasteiger partial charge in [-0.1, -0.05) is 18.2 Å². The zero-order valence-corrected chi connectivity index (χ0v) is 15.7. The predicted octanol–water partition coefficient (Wildman–Crippen LogP) is 2.96. The molecule has 1 saturated heterocycles. The Kier molecular flexibility index (Phi) is 6.77. The lowest BCUT2D eigenvalue weighted by molar-refractivity contribution is -0.126. The van der Waals surface area contributed by atoms with Gasteiger partial charge in [-0.25, -0.2) is 9.18 Å². The van der Waals surface area contributed by atoms with Gasteiger partial charge in [0.05, 0.1) is 5.92 Å². The summed E-state index contributed by atoms with van der Waals surface area (Å²) in [6.07, 6.45) is 2.25. The van der Waals surface area contributed by atoms with Gasteiger partial charge in [-0.15, -0.1) is 6.58 Å².